The zero-order chi connectivity index (χ0) is 15.6. The number of hydrogen-bond donors (Lipinski definition) is 2. The molecule has 0 aliphatic heterocycles. The summed E-state index contributed by atoms with van der Waals surface area (Å²) in [6.45, 7) is -0.565. The number of aromatic nitrogens is 2. The molecular formula is C12H10F3N3O3. The maximum atomic E-state index is 13.0. The zero-order valence-corrected chi connectivity index (χ0v) is 10.5. The summed E-state index contributed by atoms with van der Waals surface area (Å²) >= 11 is 0. The van der Waals surface area contributed by atoms with Crippen LogP contribution in [-0.4, -0.2) is 21.1 Å². The molecule has 0 saturated carbocycles. The lowest BCUT2D eigenvalue weighted by Gasteiger charge is -2.15. The van der Waals surface area contributed by atoms with Gasteiger partial charge >= 0.3 is 6.18 Å². The summed E-state index contributed by atoms with van der Waals surface area (Å²) in [5, 5.41) is 12.4. The minimum Gasteiger partial charge on any atom is -0.472 e. The molecule has 2 rings (SSSR count). The van der Waals surface area contributed by atoms with E-state index >= 15 is 0 Å². The highest BCUT2D eigenvalue weighted by Crippen LogP contribution is 2.33. The molecule has 0 atom stereocenters. The summed E-state index contributed by atoms with van der Waals surface area (Å²) in [4.78, 5) is 11.7. The Kier molecular flexibility index (Phi) is 3.74. The van der Waals surface area contributed by atoms with E-state index in [0.29, 0.717) is 4.85 Å². The molecule has 1 aromatic heterocycles. The number of carbonyl (C=O) groups is 1. The molecule has 0 unspecified atom stereocenters. The Bertz CT molecular complexity index is 667. The molecule has 3 N–H and O–H groups in total. The molecule has 21 heavy (non-hydrogen) atoms. The molecule has 0 aliphatic carbocycles. The van der Waals surface area contributed by atoms with Crippen LogP contribution in [0.25, 0.3) is 0 Å². The van der Waals surface area contributed by atoms with Crippen LogP contribution in [0.15, 0.2) is 30.5 Å². The first-order valence-corrected chi connectivity index (χ1v) is 5.65. The van der Waals surface area contributed by atoms with Crippen LogP contribution < -0.4 is 10.5 Å². The third kappa shape index (κ3) is 3.25. The van der Waals surface area contributed by atoms with Crippen molar-refractivity contribution < 1.29 is 27.9 Å². The molecule has 0 spiro atoms. The number of alkyl halides is 3. The van der Waals surface area contributed by atoms with E-state index in [0.717, 1.165) is 18.3 Å². The van der Waals surface area contributed by atoms with Gasteiger partial charge in [0.1, 0.15) is 6.61 Å². The van der Waals surface area contributed by atoms with Gasteiger partial charge in [-0.3, -0.25) is 4.79 Å². The fourth-order valence-corrected chi connectivity index (χ4v) is 1.76. The lowest BCUT2D eigenvalue weighted by atomic mass is 10.0. The Hall–Kier alpha value is -2.71. The van der Waals surface area contributed by atoms with Gasteiger partial charge in [0.15, 0.2) is 0 Å². The molecule has 2 aromatic rings. The first-order valence-electron chi connectivity index (χ1n) is 5.65. The lowest BCUT2D eigenvalue weighted by molar-refractivity contribution is -0.138. The minimum atomic E-state index is -4.65. The summed E-state index contributed by atoms with van der Waals surface area (Å²) in [6.07, 6.45) is -3.51. The fourth-order valence-electron chi connectivity index (χ4n) is 1.76. The SMILES string of the molecule is NC(=O)c1cccc(C(F)(F)F)c1COc1ccn(O)n1. The molecule has 0 aliphatic rings. The quantitative estimate of drug-likeness (QED) is 0.843. The van der Waals surface area contributed by atoms with Gasteiger partial charge in [0, 0.05) is 17.2 Å². The van der Waals surface area contributed by atoms with Crippen LogP contribution in [0.1, 0.15) is 21.5 Å². The normalized spacial score (nSPS) is 11.4. The van der Waals surface area contributed by atoms with Crippen molar-refractivity contribution in [3.05, 3.63) is 47.2 Å². The average Bonchev–Trinajstić information content (AvgIpc) is 2.80. The van der Waals surface area contributed by atoms with Gasteiger partial charge in [-0.2, -0.15) is 13.2 Å². The standard InChI is InChI=1S/C12H10F3N3O3/c13-12(14,15)9-3-1-2-7(11(16)19)8(9)6-21-10-4-5-18(20)17-10/h1-5,20H,6H2,(H2,16,19). The van der Waals surface area contributed by atoms with Crippen LogP contribution in [0.2, 0.25) is 0 Å². The summed E-state index contributed by atoms with van der Waals surface area (Å²) in [7, 11) is 0. The second-order valence-electron chi connectivity index (χ2n) is 4.06. The van der Waals surface area contributed by atoms with Crippen molar-refractivity contribution in [3.8, 4) is 5.88 Å². The highest BCUT2D eigenvalue weighted by Gasteiger charge is 2.35. The van der Waals surface area contributed by atoms with E-state index in [1.54, 1.807) is 0 Å². The third-order valence-corrected chi connectivity index (χ3v) is 2.66. The van der Waals surface area contributed by atoms with Crippen molar-refractivity contribution in [2.24, 2.45) is 5.73 Å². The predicted octanol–water partition coefficient (Wildman–Crippen LogP) is 1.82. The van der Waals surface area contributed by atoms with E-state index in [2.05, 4.69) is 5.10 Å². The Morgan fingerprint density at radius 3 is 2.62 bits per heavy atom. The van der Waals surface area contributed by atoms with Crippen molar-refractivity contribution in [2.75, 3.05) is 0 Å². The van der Waals surface area contributed by atoms with E-state index in [-0.39, 0.29) is 17.0 Å². The van der Waals surface area contributed by atoms with Gasteiger partial charge in [-0.05, 0) is 12.1 Å². The summed E-state index contributed by atoms with van der Waals surface area (Å²) in [5.74, 6) is -1.09. The number of rotatable bonds is 4. The average molecular weight is 301 g/mol. The molecule has 112 valence electrons. The molecule has 0 fully saturated rings. The van der Waals surface area contributed by atoms with Gasteiger partial charge in [-0.25, -0.2) is 0 Å². The minimum absolute atomic E-state index is 0.0927. The van der Waals surface area contributed by atoms with Crippen LogP contribution in [0.3, 0.4) is 0 Å². The molecule has 1 aromatic carbocycles. The van der Waals surface area contributed by atoms with Crippen LogP contribution in [0.4, 0.5) is 13.2 Å². The lowest BCUT2D eigenvalue weighted by Crippen LogP contribution is -2.19. The predicted molar refractivity (Wildman–Crippen MR) is 63.7 cm³/mol. The molecule has 0 radical (unpaired) electrons. The van der Waals surface area contributed by atoms with Crippen LogP contribution >= 0.6 is 0 Å². The molecule has 1 amide bonds. The number of hydrogen-bond acceptors (Lipinski definition) is 4. The second-order valence-corrected chi connectivity index (χ2v) is 4.06. The van der Waals surface area contributed by atoms with Gasteiger partial charge in [0.2, 0.25) is 11.8 Å². The smallest absolute Gasteiger partial charge is 0.416 e. The van der Waals surface area contributed by atoms with Gasteiger partial charge in [0.25, 0.3) is 0 Å². The number of benzene rings is 1. The van der Waals surface area contributed by atoms with Crippen molar-refractivity contribution >= 4 is 5.91 Å². The second kappa shape index (κ2) is 5.35. The van der Waals surface area contributed by atoms with E-state index < -0.39 is 24.3 Å². The van der Waals surface area contributed by atoms with Crippen molar-refractivity contribution in [1.29, 1.82) is 0 Å². The number of halogens is 3. The first-order chi connectivity index (χ1) is 9.79. The Morgan fingerprint density at radius 2 is 2.10 bits per heavy atom. The maximum Gasteiger partial charge on any atom is 0.416 e. The fraction of sp³-hybridized carbons (Fsp3) is 0.167. The van der Waals surface area contributed by atoms with Gasteiger partial charge in [-0.1, -0.05) is 11.2 Å². The number of nitrogens with two attached hydrogens (primary N) is 1. The third-order valence-electron chi connectivity index (χ3n) is 2.66. The molecular weight excluding hydrogens is 291 g/mol. The van der Waals surface area contributed by atoms with E-state index in [1.807, 2.05) is 0 Å². The Balaban J connectivity index is 2.37. The van der Waals surface area contributed by atoms with Crippen molar-refractivity contribution in [3.63, 3.8) is 0 Å². The Morgan fingerprint density at radius 1 is 1.38 bits per heavy atom. The molecule has 9 heteroatoms. The molecule has 0 bridgehead atoms. The monoisotopic (exact) mass is 301 g/mol. The molecule has 1 heterocycles. The van der Waals surface area contributed by atoms with Crippen LogP contribution in [-0.2, 0) is 12.8 Å². The van der Waals surface area contributed by atoms with Gasteiger partial charge < -0.3 is 15.7 Å². The number of ether oxygens (including phenoxy) is 1. The van der Waals surface area contributed by atoms with Gasteiger partial charge in [0.05, 0.1) is 11.8 Å². The highest BCUT2D eigenvalue weighted by molar-refractivity contribution is 5.94. The number of amides is 1. The van der Waals surface area contributed by atoms with E-state index in [9.17, 15) is 18.0 Å². The van der Waals surface area contributed by atoms with Crippen molar-refractivity contribution in [2.45, 2.75) is 12.8 Å². The van der Waals surface area contributed by atoms with Crippen molar-refractivity contribution in [1.82, 2.24) is 9.94 Å². The zero-order valence-electron chi connectivity index (χ0n) is 10.5. The summed E-state index contributed by atoms with van der Waals surface area (Å²) in [6, 6.07) is 4.35. The largest absolute Gasteiger partial charge is 0.472 e. The molecule has 0 saturated heterocycles. The van der Waals surface area contributed by atoms with Crippen LogP contribution in [0.5, 0.6) is 5.88 Å². The number of nitrogens with zero attached hydrogens (tertiary/aromatic N) is 2. The molecule has 6 nitrogen and oxygen atoms in total. The maximum absolute atomic E-state index is 13.0. The van der Waals surface area contributed by atoms with E-state index in [1.165, 1.54) is 12.1 Å². The summed E-state index contributed by atoms with van der Waals surface area (Å²) < 4.78 is 43.9. The Labute approximate surface area is 116 Å². The summed E-state index contributed by atoms with van der Waals surface area (Å²) in [5.41, 5.74) is 3.40. The van der Waals surface area contributed by atoms with Crippen LogP contribution in [0, 0.1) is 0 Å². The van der Waals surface area contributed by atoms with E-state index in [4.69, 9.17) is 15.7 Å². The topological polar surface area (TPSA) is 90.4 Å². The highest BCUT2D eigenvalue weighted by atomic mass is 19.4. The number of carbonyl (C=O) groups excluding carboxylic acids is 1. The number of primary amides is 1. The van der Waals surface area contributed by atoms with Gasteiger partial charge in [-0.15, -0.1) is 4.85 Å². The first kappa shape index (κ1) is 14.7.